The summed E-state index contributed by atoms with van der Waals surface area (Å²) in [5.74, 6) is 0. The molecule has 2 bridgehead atoms. The van der Waals surface area contributed by atoms with Crippen molar-refractivity contribution in [2.75, 3.05) is 6.61 Å². The van der Waals surface area contributed by atoms with Crippen molar-refractivity contribution in [2.24, 2.45) is 0 Å². The topological polar surface area (TPSA) is 64.6 Å². The number of aryl methyl sites for hydroxylation is 1. The second-order valence-corrected chi connectivity index (χ2v) is 8.49. The van der Waals surface area contributed by atoms with Crippen molar-refractivity contribution in [1.29, 1.82) is 0 Å². The predicted molar refractivity (Wildman–Crippen MR) is 82.3 cm³/mol. The van der Waals surface area contributed by atoms with E-state index in [1.807, 2.05) is 6.92 Å². The van der Waals surface area contributed by atoms with Gasteiger partial charge < -0.3 is 9.47 Å². The number of hydrogen-bond acceptors (Lipinski definition) is 4. The smallest absolute Gasteiger partial charge is 0.241 e. The first kappa shape index (κ1) is 14.7. The Hall–Kier alpha value is -0.220. The Labute approximate surface area is 132 Å². The van der Waals surface area contributed by atoms with Gasteiger partial charge in [0.25, 0.3) is 0 Å². The number of rotatable bonds is 3. The molecule has 110 valence electrons. The first-order valence-electron chi connectivity index (χ1n) is 6.46. The molecule has 5 nitrogen and oxygen atoms in total. The molecule has 0 aliphatic carbocycles. The molecule has 0 spiro atoms. The summed E-state index contributed by atoms with van der Waals surface area (Å²) >= 11 is 2.27. The zero-order chi connectivity index (χ0) is 14.3. The first-order valence-corrected chi connectivity index (χ1v) is 9.19. The zero-order valence-corrected chi connectivity index (χ0v) is 13.9. The summed E-state index contributed by atoms with van der Waals surface area (Å²) in [6, 6.07) is 6.45. The highest BCUT2D eigenvalue weighted by atomic mass is 127. The van der Waals surface area contributed by atoms with Crippen LogP contribution in [0, 0.1) is 6.92 Å². The van der Waals surface area contributed by atoms with Gasteiger partial charge in [0.1, 0.15) is 0 Å². The molecule has 0 aromatic heterocycles. The summed E-state index contributed by atoms with van der Waals surface area (Å²) in [5, 5.41) is 0. The van der Waals surface area contributed by atoms with Crippen LogP contribution in [0.2, 0.25) is 0 Å². The van der Waals surface area contributed by atoms with E-state index in [0.717, 1.165) is 12.0 Å². The molecule has 2 aliphatic rings. The van der Waals surface area contributed by atoms with Crippen LogP contribution in [0.5, 0.6) is 0 Å². The molecule has 3 rings (SSSR count). The Morgan fingerprint density at radius 1 is 1.30 bits per heavy atom. The summed E-state index contributed by atoms with van der Waals surface area (Å²) in [6.45, 7) is 2.47. The third-order valence-corrected chi connectivity index (χ3v) is 6.32. The van der Waals surface area contributed by atoms with Crippen molar-refractivity contribution in [3.8, 4) is 0 Å². The van der Waals surface area contributed by atoms with E-state index in [2.05, 4.69) is 27.3 Å². The lowest BCUT2D eigenvalue weighted by Crippen LogP contribution is -2.52. The number of alkyl halides is 1. The summed E-state index contributed by atoms with van der Waals surface area (Å²) in [7, 11) is -3.55. The van der Waals surface area contributed by atoms with Crippen molar-refractivity contribution in [1.82, 2.24) is 4.72 Å². The van der Waals surface area contributed by atoms with E-state index in [1.54, 1.807) is 24.3 Å². The number of halogens is 1. The van der Waals surface area contributed by atoms with Crippen molar-refractivity contribution < 1.29 is 17.9 Å². The lowest BCUT2D eigenvalue weighted by Gasteiger charge is -2.32. The second-order valence-electron chi connectivity index (χ2n) is 5.17. The van der Waals surface area contributed by atoms with E-state index >= 15 is 0 Å². The Kier molecular flexibility index (Phi) is 4.06. The predicted octanol–water partition coefficient (Wildman–Crippen LogP) is 1.59. The van der Waals surface area contributed by atoms with Gasteiger partial charge in [0.15, 0.2) is 6.29 Å². The van der Waals surface area contributed by atoms with Crippen LogP contribution in [0.3, 0.4) is 0 Å². The minimum absolute atomic E-state index is 0.0991. The molecular formula is C13H16INO4S. The number of benzene rings is 1. The van der Waals surface area contributed by atoms with E-state index in [4.69, 9.17) is 9.47 Å². The third kappa shape index (κ3) is 2.87. The van der Waals surface area contributed by atoms with Crippen LogP contribution in [0.1, 0.15) is 12.0 Å². The Bertz CT molecular complexity index is 589. The molecular weight excluding hydrogens is 393 g/mol. The lowest BCUT2D eigenvalue weighted by atomic mass is 10.1. The van der Waals surface area contributed by atoms with Gasteiger partial charge in [-0.25, -0.2) is 13.1 Å². The van der Waals surface area contributed by atoms with Crippen molar-refractivity contribution >= 4 is 32.6 Å². The molecule has 0 amide bonds. The van der Waals surface area contributed by atoms with Gasteiger partial charge in [0.2, 0.25) is 10.0 Å². The molecule has 7 heteroatoms. The van der Waals surface area contributed by atoms with Gasteiger partial charge in [-0.15, -0.1) is 0 Å². The fourth-order valence-corrected chi connectivity index (χ4v) is 5.04. The number of sulfonamides is 1. The zero-order valence-electron chi connectivity index (χ0n) is 11.0. The quantitative estimate of drug-likeness (QED) is 0.609. The normalized spacial score (nSPS) is 33.3. The van der Waals surface area contributed by atoms with Crippen LogP contribution in [-0.4, -0.2) is 37.4 Å². The maximum atomic E-state index is 12.4. The molecule has 2 aliphatic heterocycles. The van der Waals surface area contributed by atoms with Gasteiger partial charge in [-0.05, 0) is 25.5 Å². The average molecular weight is 409 g/mol. The molecule has 2 fully saturated rings. The standard InChI is InChI=1S/C13H16INO4S/c1-8-2-4-10(5-3-8)20(16,17)15-12-11(14)6-9-7-18-13(12)19-9/h2-5,9,11-13,15H,6-7H2,1H3/t9-,11-,12+,13+/m0/s1. The SMILES string of the molecule is Cc1ccc(S(=O)(=O)N[C@H]2[C@@H]3OC[C@H](C[C@@H]2I)O3)cc1. The monoisotopic (exact) mass is 409 g/mol. The Morgan fingerprint density at radius 2 is 2.00 bits per heavy atom. The van der Waals surface area contributed by atoms with Crippen LogP contribution in [0.15, 0.2) is 29.2 Å². The maximum Gasteiger partial charge on any atom is 0.241 e. The summed E-state index contributed by atoms with van der Waals surface area (Å²) in [4.78, 5) is 0.270. The summed E-state index contributed by atoms with van der Waals surface area (Å²) in [6.07, 6.45) is 0.427. The minimum Gasteiger partial charge on any atom is -0.348 e. The minimum atomic E-state index is -3.55. The van der Waals surface area contributed by atoms with Gasteiger partial charge in [-0.2, -0.15) is 0 Å². The molecule has 0 radical (unpaired) electrons. The molecule has 20 heavy (non-hydrogen) atoms. The lowest BCUT2D eigenvalue weighted by molar-refractivity contribution is -0.0941. The number of nitrogens with one attached hydrogen (secondary N) is 1. The molecule has 1 N–H and O–H groups in total. The number of ether oxygens (including phenoxy) is 2. The van der Waals surface area contributed by atoms with E-state index < -0.39 is 16.3 Å². The van der Waals surface area contributed by atoms with Gasteiger partial charge >= 0.3 is 0 Å². The summed E-state index contributed by atoms with van der Waals surface area (Å²) in [5.41, 5.74) is 1.03. The van der Waals surface area contributed by atoms with E-state index in [-0.39, 0.29) is 21.0 Å². The van der Waals surface area contributed by atoms with Gasteiger partial charge in [0, 0.05) is 3.92 Å². The van der Waals surface area contributed by atoms with E-state index in [1.165, 1.54) is 0 Å². The van der Waals surface area contributed by atoms with Crippen LogP contribution in [0.25, 0.3) is 0 Å². The Morgan fingerprint density at radius 3 is 2.70 bits per heavy atom. The Balaban J connectivity index is 1.80. The van der Waals surface area contributed by atoms with Crippen molar-refractivity contribution in [2.45, 2.75) is 40.6 Å². The molecule has 1 aromatic carbocycles. The third-order valence-electron chi connectivity index (χ3n) is 3.57. The van der Waals surface area contributed by atoms with Crippen LogP contribution >= 0.6 is 22.6 Å². The van der Waals surface area contributed by atoms with Crippen LogP contribution < -0.4 is 4.72 Å². The van der Waals surface area contributed by atoms with Gasteiger partial charge in [-0.1, -0.05) is 40.3 Å². The molecule has 0 saturated carbocycles. The number of fused-ring (bicyclic) bond motifs is 2. The molecule has 2 heterocycles. The molecule has 4 atom stereocenters. The highest BCUT2D eigenvalue weighted by Crippen LogP contribution is 2.32. The van der Waals surface area contributed by atoms with Crippen molar-refractivity contribution in [3.05, 3.63) is 29.8 Å². The highest BCUT2D eigenvalue weighted by molar-refractivity contribution is 14.1. The highest BCUT2D eigenvalue weighted by Gasteiger charge is 2.44. The van der Waals surface area contributed by atoms with E-state index in [0.29, 0.717) is 6.61 Å². The maximum absolute atomic E-state index is 12.4. The average Bonchev–Trinajstić information content (AvgIpc) is 2.79. The van der Waals surface area contributed by atoms with Crippen molar-refractivity contribution in [3.63, 3.8) is 0 Å². The van der Waals surface area contributed by atoms with Crippen LogP contribution in [-0.2, 0) is 19.5 Å². The summed E-state index contributed by atoms with van der Waals surface area (Å²) < 4.78 is 38.8. The first-order chi connectivity index (χ1) is 9.45. The fourth-order valence-electron chi connectivity index (χ4n) is 2.44. The molecule has 2 saturated heterocycles. The van der Waals surface area contributed by atoms with Gasteiger partial charge in [0.05, 0.1) is 23.6 Å². The van der Waals surface area contributed by atoms with Gasteiger partial charge in [-0.3, -0.25) is 0 Å². The van der Waals surface area contributed by atoms with Crippen LogP contribution in [0.4, 0.5) is 0 Å². The molecule has 1 aromatic rings. The molecule has 0 unspecified atom stereocenters. The largest absolute Gasteiger partial charge is 0.348 e. The second kappa shape index (κ2) is 5.53. The van der Waals surface area contributed by atoms with E-state index in [9.17, 15) is 8.42 Å². The fraction of sp³-hybridized carbons (Fsp3) is 0.538. The number of hydrogen-bond donors (Lipinski definition) is 1.